The maximum Gasteiger partial charge on any atom is 0.244 e. The second-order valence-electron chi connectivity index (χ2n) is 15.6. The minimum absolute atomic E-state index is 0.305. The molecule has 6 aromatic carbocycles. The van der Waals surface area contributed by atoms with Crippen molar-refractivity contribution in [3.8, 4) is 0 Å². The SMILES string of the molecule is O=C(C(=O)c1ccc(C2=Nc3ccccc3C(N(Cc3ccccc3)Cc3ccccc3)O2)s1)c1ccc(C2=Nc3ccccc3C(N(Cc3ccccc3)Cc3ccccc3)O2)s1. The number of Topliss-reactive ketones (excluding diaryl/α,β-unsaturated/α-hetero) is 2. The predicted molar refractivity (Wildman–Crippen MR) is 254 cm³/mol. The molecule has 8 aromatic rings. The molecule has 2 aliphatic rings. The van der Waals surface area contributed by atoms with Crippen molar-refractivity contribution in [2.75, 3.05) is 0 Å². The molecule has 0 aliphatic carbocycles. The van der Waals surface area contributed by atoms with Crippen LogP contribution in [0.3, 0.4) is 0 Å². The van der Waals surface area contributed by atoms with Crippen molar-refractivity contribution in [3.63, 3.8) is 0 Å². The van der Waals surface area contributed by atoms with Crippen molar-refractivity contribution in [3.05, 3.63) is 247 Å². The molecule has 0 spiro atoms. The van der Waals surface area contributed by atoms with E-state index in [0.29, 0.717) is 57.5 Å². The van der Waals surface area contributed by atoms with Gasteiger partial charge in [-0.15, -0.1) is 22.7 Å². The van der Waals surface area contributed by atoms with Gasteiger partial charge in [-0.25, -0.2) is 9.98 Å². The van der Waals surface area contributed by atoms with E-state index in [1.807, 2.05) is 121 Å². The van der Waals surface area contributed by atoms with Crippen LogP contribution in [-0.4, -0.2) is 33.2 Å². The number of fused-ring (bicyclic) bond motifs is 2. The van der Waals surface area contributed by atoms with Crippen LogP contribution < -0.4 is 0 Å². The van der Waals surface area contributed by atoms with Gasteiger partial charge in [0.1, 0.15) is 0 Å². The van der Waals surface area contributed by atoms with Gasteiger partial charge in [0, 0.05) is 37.3 Å². The molecule has 0 N–H and O–H groups in total. The van der Waals surface area contributed by atoms with Gasteiger partial charge < -0.3 is 9.47 Å². The lowest BCUT2D eigenvalue weighted by atomic mass is 10.1. The molecule has 8 nitrogen and oxygen atoms in total. The van der Waals surface area contributed by atoms with E-state index in [2.05, 4.69) is 70.5 Å². The van der Waals surface area contributed by atoms with Crippen LogP contribution in [0.25, 0.3) is 0 Å². The van der Waals surface area contributed by atoms with E-state index in [-0.39, 0.29) is 0 Å². The molecule has 2 aromatic heterocycles. The Bertz CT molecular complexity index is 2680. The summed E-state index contributed by atoms with van der Waals surface area (Å²) in [7, 11) is 0. The number of para-hydroxylation sites is 2. The zero-order valence-corrected chi connectivity index (χ0v) is 36.3. The fourth-order valence-corrected chi connectivity index (χ4v) is 9.81. The van der Waals surface area contributed by atoms with Crippen LogP contribution in [0.2, 0.25) is 0 Å². The number of aliphatic imine (C=N–C) groups is 2. The number of carbonyl (C=O) groups is 2. The Hall–Kier alpha value is -7.08. The van der Waals surface area contributed by atoms with Crippen LogP contribution in [0, 0.1) is 0 Å². The van der Waals surface area contributed by atoms with Crippen LogP contribution in [-0.2, 0) is 35.7 Å². The molecule has 0 saturated carbocycles. The number of carbonyl (C=O) groups excluding carboxylic acids is 2. The summed E-state index contributed by atoms with van der Waals surface area (Å²) in [5.41, 5.74) is 8.12. The Labute approximate surface area is 380 Å². The van der Waals surface area contributed by atoms with Crippen molar-refractivity contribution in [2.45, 2.75) is 38.6 Å². The minimum Gasteiger partial charge on any atom is -0.453 e. The smallest absolute Gasteiger partial charge is 0.244 e. The summed E-state index contributed by atoms with van der Waals surface area (Å²) >= 11 is 2.41. The monoisotopic (exact) mass is 874 g/mol. The van der Waals surface area contributed by atoms with E-state index in [0.717, 1.165) is 44.8 Å². The standard InChI is InChI=1S/C54H42N4O4S2/c59-49(45-29-31-47(63-45)51-55-43-27-15-13-25-41(43)53(61-51)57(33-37-17-5-1-6-18-37)34-38-19-7-2-8-20-38)50(60)46-30-32-48(64-46)52-56-44-28-16-14-26-42(44)54(62-52)58(35-39-21-9-3-10-22-39)36-40-23-11-4-12-24-40/h1-32,53-54H,33-36H2. The number of benzene rings is 6. The molecule has 0 amide bonds. The number of hydrogen-bond acceptors (Lipinski definition) is 10. The maximum absolute atomic E-state index is 14.0. The number of ketones is 2. The average Bonchev–Trinajstić information content (AvgIpc) is 4.06. The summed E-state index contributed by atoms with van der Waals surface area (Å²) in [6, 6.07) is 64.3. The molecule has 4 heterocycles. The molecular formula is C54H42N4O4S2. The molecule has 2 unspecified atom stereocenters. The molecule has 0 radical (unpaired) electrons. The largest absolute Gasteiger partial charge is 0.453 e. The van der Waals surface area contributed by atoms with Crippen LogP contribution in [0.5, 0.6) is 0 Å². The summed E-state index contributed by atoms with van der Waals surface area (Å²) in [5, 5.41) is 0. The number of hydrogen-bond donors (Lipinski definition) is 0. The molecule has 10 heteroatoms. The van der Waals surface area contributed by atoms with Gasteiger partial charge in [0.25, 0.3) is 0 Å². The molecule has 2 aliphatic heterocycles. The van der Waals surface area contributed by atoms with Crippen LogP contribution in [0.1, 0.15) is 74.9 Å². The molecule has 314 valence electrons. The Morgan fingerprint density at radius 2 is 0.719 bits per heavy atom. The van der Waals surface area contributed by atoms with Crippen molar-refractivity contribution < 1.29 is 19.1 Å². The number of rotatable bonds is 15. The third kappa shape index (κ3) is 9.04. The Morgan fingerprint density at radius 1 is 0.406 bits per heavy atom. The van der Waals surface area contributed by atoms with Gasteiger partial charge in [-0.1, -0.05) is 158 Å². The first kappa shape index (κ1) is 41.0. The average molecular weight is 875 g/mol. The lowest BCUT2D eigenvalue weighted by Gasteiger charge is -2.35. The molecule has 0 bridgehead atoms. The van der Waals surface area contributed by atoms with Gasteiger partial charge >= 0.3 is 0 Å². The van der Waals surface area contributed by atoms with E-state index < -0.39 is 24.0 Å². The first-order chi connectivity index (χ1) is 31.5. The second-order valence-corrected chi connectivity index (χ2v) is 17.8. The van der Waals surface area contributed by atoms with E-state index in [1.54, 1.807) is 12.1 Å². The zero-order chi connectivity index (χ0) is 43.2. The van der Waals surface area contributed by atoms with E-state index in [9.17, 15) is 9.59 Å². The fourth-order valence-electron chi connectivity index (χ4n) is 8.06. The van der Waals surface area contributed by atoms with Gasteiger partial charge in [-0.2, -0.15) is 0 Å². The highest BCUT2D eigenvalue weighted by Gasteiger charge is 2.34. The highest BCUT2D eigenvalue weighted by molar-refractivity contribution is 7.19. The Balaban J connectivity index is 0.892. The predicted octanol–water partition coefficient (Wildman–Crippen LogP) is 12.5. The van der Waals surface area contributed by atoms with Crippen molar-refractivity contribution in [1.82, 2.24) is 9.80 Å². The maximum atomic E-state index is 14.0. The second kappa shape index (κ2) is 18.7. The molecule has 10 rings (SSSR count). The van der Waals surface area contributed by atoms with Crippen LogP contribution in [0.4, 0.5) is 11.4 Å². The third-order valence-corrected chi connectivity index (χ3v) is 13.3. The van der Waals surface area contributed by atoms with Crippen LogP contribution >= 0.6 is 22.7 Å². The highest BCUT2D eigenvalue weighted by Crippen LogP contribution is 2.41. The lowest BCUT2D eigenvalue weighted by molar-refractivity contribution is -0.000666. The third-order valence-electron chi connectivity index (χ3n) is 11.2. The fraction of sp³-hybridized carbons (Fsp3) is 0.111. The van der Waals surface area contributed by atoms with E-state index in [1.165, 1.54) is 22.7 Å². The first-order valence-corrected chi connectivity index (χ1v) is 22.8. The topological polar surface area (TPSA) is 83.8 Å². The van der Waals surface area contributed by atoms with Gasteiger partial charge in [-0.05, 0) is 58.7 Å². The van der Waals surface area contributed by atoms with Crippen LogP contribution in [0.15, 0.2) is 204 Å². The zero-order valence-electron chi connectivity index (χ0n) is 34.7. The molecule has 0 fully saturated rings. The molecule has 64 heavy (non-hydrogen) atoms. The van der Waals surface area contributed by atoms with Gasteiger partial charge in [0.05, 0.1) is 30.9 Å². The molecule has 2 atom stereocenters. The number of ether oxygens (including phenoxy) is 2. The summed E-state index contributed by atoms with van der Waals surface area (Å²) in [4.78, 5) is 44.3. The quantitative estimate of drug-likeness (QED) is 0.0753. The first-order valence-electron chi connectivity index (χ1n) is 21.1. The molecular weight excluding hydrogens is 833 g/mol. The number of nitrogens with zero attached hydrogens (tertiary/aromatic N) is 4. The lowest BCUT2D eigenvalue weighted by Crippen LogP contribution is -2.33. The number of thiophene rings is 2. The Kier molecular flexibility index (Phi) is 12.0. The Morgan fingerprint density at radius 3 is 1.06 bits per heavy atom. The van der Waals surface area contributed by atoms with Gasteiger partial charge in [0.15, 0.2) is 12.5 Å². The highest BCUT2D eigenvalue weighted by atomic mass is 32.1. The van der Waals surface area contributed by atoms with E-state index >= 15 is 0 Å². The normalized spacial score (nSPS) is 15.3. The summed E-state index contributed by atoms with van der Waals surface area (Å²) in [5.74, 6) is -0.389. The minimum atomic E-state index is -0.598. The molecule has 0 saturated heterocycles. The summed E-state index contributed by atoms with van der Waals surface area (Å²) < 4.78 is 13.6. The van der Waals surface area contributed by atoms with Crippen molar-refractivity contribution in [2.24, 2.45) is 9.98 Å². The van der Waals surface area contributed by atoms with E-state index in [4.69, 9.17) is 19.5 Å². The van der Waals surface area contributed by atoms with Gasteiger partial charge in [-0.3, -0.25) is 19.4 Å². The van der Waals surface area contributed by atoms with Crippen molar-refractivity contribution in [1.29, 1.82) is 0 Å². The van der Waals surface area contributed by atoms with Gasteiger partial charge in [0.2, 0.25) is 23.4 Å². The van der Waals surface area contributed by atoms with Crippen molar-refractivity contribution >= 4 is 57.4 Å². The summed E-state index contributed by atoms with van der Waals surface area (Å²) in [6.45, 7) is 2.55. The summed E-state index contributed by atoms with van der Waals surface area (Å²) in [6.07, 6.45) is -0.923.